The van der Waals surface area contributed by atoms with Gasteiger partial charge in [0, 0.05) is 42.2 Å². The van der Waals surface area contributed by atoms with Crippen LogP contribution in [0.1, 0.15) is 70.0 Å². The summed E-state index contributed by atoms with van der Waals surface area (Å²) in [4.78, 5) is 26.9. The van der Waals surface area contributed by atoms with Crippen molar-refractivity contribution in [2.75, 3.05) is 18.9 Å². The van der Waals surface area contributed by atoms with Gasteiger partial charge in [-0.1, -0.05) is 17.7 Å². The maximum Gasteiger partial charge on any atom is 0.257 e. The fourth-order valence-electron chi connectivity index (χ4n) is 6.96. The number of aryl methyl sites for hydroxylation is 2. The minimum atomic E-state index is 0.00653. The Hall–Kier alpha value is -3.82. The maximum absolute atomic E-state index is 14.0. The molecular weight excluding hydrogens is 556 g/mol. The first-order valence-electron chi connectivity index (χ1n) is 14.0. The quantitative estimate of drug-likeness (QED) is 0.239. The molecule has 10 heteroatoms. The van der Waals surface area contributed by atoms with Crippen LogP contribution in [0.25, 0.3) is 32.0 Å². The summed E-state index contributed by atoms with van der Waals surface area (Å²) in [7, 11) is 1.88. The smallest absolute Gasteiger partial charge is 0.257 e. The molecule has 4 aromatic heterocycles. The van der Waals surface area contributed by atoms with Gasteiger partial charge in [0.2, 0.25) is 11.8 Å². The van der Waals surface area contributed by atoms with Gasteiger partial charge < -0.3 is 14.6 Å². The van der Waals surface area contributed by atoms with E-state index in [-0.39, 0.29) is 17.9 Å². The molecule has 206 valence electrons. The molecule has 0 spiro atoms. The summed E-state index contributed by atoms with van der Waals surface area (Å²) in [6, 6.07) is 10.4. The standard InChI is InChI=1S/C31H27ClN6O2S/c1-15-36-37-30(40-15)24-21(13-17-6-5-16-12-19(32)7-8-20(16)17)35-27-22-4-3-11-38(22)31(39)26(27)25(24)23-14-18-9-10-34-29(33-2)28(18)41-23/h7-10,12,14,17,22H,3-6,11,13H2,1-2H3,(H,33,34). The third-order valence-electron chi connectivity index (χ3n) is 8.75. The lowest BCUT2D eigenvalue weighted by Gasteiger charge is -2.19. The Morgan fingerprint density at radius 2 is 2.05 bits per heavy atom. The van der Waals surface area contributed by atoms with E-state index in [1.54, 1.807) is 24.5 Å². The summed E-state index contributed by atoms with van der Waals surface area (Å²) in [5.41, 5.74) is 6.70. The number of thiophene rings is 1. The Labute approximate surface area is 245 Å². The van der Waals surface area contributed by atoms with E-state index in [1.165, 1.54) is 11.1 Å². The summed E-state index contributed by atoms with van der Waals surface area (Å²) < 4.78 is 7.14. The predicted octanol–water partition coefficient (Wildman–Crippen LogP) is 6.98. The first-order chi connectivity index (χ1) is 20.0. The number of aromatic nitrogens is 4. The topological polar surface area (TPSA) is 97.0 Å². The van der Waals surface area contributed by atoms with Gasteiger partial charge in [-0.3, -0.25) is 9.78 Å². The number of amides is 1. The fourth-order valence-corrected chi connectivity index (χ4v) is 8.36. The normalized spacial score (nSPS) is 19.2. The van der Waals surface area contributed by atoms with Crippen LogP contribution in [0.2, 0.25) is 5.02 Å². The van der Waals surface area contributed by atoms with Crippen LogP contribution >= 0.6 is 22.9 Å². The summed E-state index contributed by atoms with van der Waals surface area (Å²) in [6.45, 7) is 2.54. The molecule has 2 unspecified atom stereocenters. The van der Waals surface area contributed by atoms with Gasteiger partial charge in [0.05, 0.1) is 33.3 Å². The van der Waals surface area contributed by atoms with Gasteiger partial charge in [-0.2, -0.15) is 0 Å². The number of carbonyl (C=O) groups excluding carboxylic acids is 1. The molecule has 2 aliphatic heterocycles. The van der Waals surface area contributed by atoms with E-state index in [9.17, 15) is 4.79 Å². The van der Waals surface area contributed by atoms with Crippen LogP contribution in [0.3, 0.4) is 0 Å². The van der Waals surface area contributed by atoms with Crippen LogP contribution in [0.15, 0.2) is 40.9 Å². The zero-order chi connectivity index (χ0) is 27.8. The van der Waals surface area contributed by atoms with Crippen molar-refractivity contribution in [1.82, 2.24) is 25.1 Å². The third-order valence-corrected chi connectivity index (χ3v) is 10.2. The monoisotopic (exact) mass is 582 g/mol. The van der Waals surface area contributed by atoms with Gasteiger partial charge in [-0.15, -0.1) is 21.5 Å². The van der Waals surface area contributed by atoms with Gasteiger partial charge in [-0.05, 0) is 78.8 Å². The Kier molecular flexibility index (Phi) is 5.69. The number of fused-ring (bicyclic) bond motifs is 5. The Morgan fingerprint density at radius 1 is 1.15 bits per heavy atom. The number of hydrogen-bond acceptors (Lipinski definition) is 8. The molecule has 5 aromatic rings. The Balaban J connectivity index is 1.40. The third kappa shape index (κ3) is 3.82. The average Bonchev–Trinajstić information content (AvgIpc) is 3.79. The van der Waals surface area contributed by atoms with Crippen molar-refractivity contribution in [1.29, 1.82) is 0 Å². The molecule has 1 aliphatic carbocycles. The molecule has 1 N–H and O–H groups in total. The number of hydrogen-bond donors (Lipinski definition) is 1. The number of anilines is 1. The van der Waals surface area contributed by atoms with Gasteiger partial charge in [-0.25, -0.2) is 4.98 Å². The molecule has 0 saturated carbocycles. The van der Waals surface area contributed by atoms with Crippen molar-refractivity contribution in [2.24, 2.45) is 0 Å². The van der Waals surface area contributed by atoms with Gasteiger partial charge in [0.15, 0.2) is 0 Å². The highest BCUT2D eigenvalue weighted by molar-refractivity contribution is 7.23. The van der Waals surface area contributed by atoms with E-state index >= 15 is 0 Å². The molecule has 1 fully saturated rings. The number of nitrogens with one attached hydrogen (secondary N) is 1. The second-order valence-corrected chi connectivity index (χ2v) is 12.6. The highest BCUT2D eigenvalue weighted by Crippen LogP contribution is 2.51. The molecule has 2 atom stereocenters. The van der Waals surface area contributed by atoms with Crippen molar-refractivity contribution >= 4 is 44.7 Å². The van der Waals surface area contributed by atoms with Gasteiger partial charge >= 0.3 is 0 Å². The van der Waals surface area contributed by atoms with Crippen molar-refractivity contribution < 1.29 is 9.21 Å². The predicted molar refractivity (Wildman–Crippen MR) is 160 cm³/mol. The number of benzene rings is 1. The second-order valence-electron chi connectivity index (χ2n) is 11.1. The summed E-state index contributed by atoms with van der Waals surface area (Å²) in [5.74, 6) is 2.01. The average molecular weight is 583 g/mol. The van der Waals surface area contributed by atoms with E-state index in [0.29, 0.717) is 23.8 Å². The van der Waals surface area contributed by atoms with Crippen LogP contribution in [-0.4, -0.2) is 44.6 Å². The molecule has 0 radical (unpaired) electrons. The summed E-state index contributed by atoms with van der Waals surface area (Å²) in [5, 5.41) is 13.7. The number of carbonyl (C=O) groups is 1. The molecule has 41 heavy (non-hydrogen) atoms. The van der Waals surface area contributed by atoms with Crippen LogP contribution < -0.4 is 5.32 Å². The van der Waals surface area contributed by atoms with Crippen molar-refractivity contribution in [3.63, 3.8) is 0 Å². The molecular formula is C31H27ClN6O2S. The van der Waals surface area contributed by atoms with Gasteiger partial charge in [0.25, 0.3) is 5.91 Å². The molecule has 1 amide bonds. The zero-order valence-corrected chi connectivity index (χ0v) is 24.3. The zero-order valence-electron chi connectivity index (χ0n) is 22.7. The lowest BCUT2D eigenvalue weighted by Crippen LogP contribution is -2.22. The van der Waals surface area contributed by atoms with Crippen LogP contribution in [0.5, 0.6) is 0 Å². The fraction of sp³-hybridized carbons (Fsp3) is 0.323. The minimum absolute atomic E-state index is 0.00653. The highest BCUT2D eigenvalue weighted by atomic mass is 35.5. The minimum Gasteiger partial charge on any atom is -0.421 e. The lowest BCUT2D eigenvalue weighted by atomic mass is 9.89. The lowest BCUT2D eigenvalue weighted by molar-refractivity contribution is 0.0776. The Bertz CT molecular complexity index is 1880. The Morgan fingerprint density at radius 3 is 2.88 bits per heavy atom. The molecule has 8 nitrogen and oxygen atoms in total. The molecule has 1 aromatic carbocycles. The molecule has 0 bridgehead atoms. The summed E-state index contributed by atoms with van der Waals surface area (Å²) >= 11 is 7.95. The maximum atomic E-state index is 14.0. The summed E-state index contributed by atoms with van der Waals surface area (Å²) in [6.07, 6.45) is 6.43. The van der Waals surface area contributed by atoms with Crippen LogP contribution in [0, 0.1) is 6.92 Å². The number of halogens is 1. The van der Waals surface area contributed by atoms with Gasteiger partial charge in [0.1, 0.15) is 5.82 Å². The SMILES string of the molecule is CNc1nccc2cc(-c3c4c(nc(CC5CCc6cc(Cl)ccc65)c3-c3nnc(C)o3)C3CCCN3C4=O)sc12. The second kappa shape index (κ2) is 9.36. The van der Waals surface area contributed by atoms with E-state index in [1.807, 2.05) is 24.1 Å². The van der Waals surface area contributed by atoms with E-state index < -0.39 is 0 Å². The molecule has 1 saturated heterocycles. The number of pyridine rings is 2. The largest absolute Gasteiger partial charge is 0.421 e. The van der Waals surface area contributed by atoms with Crippen molar-refractivity contribution in [2.45, 2.75) is 51.0 Å². The highest BCUT2D eigenvalue weighted by Gasteiger charge is 2.45. The number of rotatable bonds is 5. The van der Waals surface area contributed by atoms with E-state index in [2.05, 4.69) is 38.7 Å². The number of nitrogens with zero attached hydrogens (tertiary/aromatic N) is 5. The van der Waals surface area contributed by atoms with Crippen LogP contribution in [-0.2, 0) is 12.8 Å². The first kappa shape index (κ1) is 24.9. The molecule has 8 rings (SSSR count). The van der Waals surface area contributed by atoms with E-state index in [4.69, 9.17) is 21.0 Å². The molecule has 6 heterocycles. The van der Waals surface area contributed by atoms with E-state index in [0.717, 1.165) is 80.5 Å². The van der Waals surface area contributed by atoms with Crippen molar-refractivity contribution in [3.8, 4) is 21.9 Å². The first-order valence-corrected chi connectivity index (χ1v) is 15.2. The molecule has 3 aliphatic rings. The van der Waals surface area contributed by atoms with Crippen molar-refractivity contribution in [3.05, 3.63) is 75.5 Å². The van der Waals surface area contributed by atoms with Crippen LogP contribution in [0.4, 0.5) is 5.82 Å².